The Morgan fingerprint density at radius 3 is 2.67 bits per heavy atom. The number of fused-ring (bicyclic) bond motifs is 1. The van der Waals surface area contributed by atoms with Crippen LogP contribution in [0.2, 0.25) is 5.02 Å². The molecule has 0 amide bonds. The third-order valence-electron chi connectivity index (χ3n) is 6.15. The number of ether oxygens (including phenoxy) is 1. The van der Waals surface area contributed by atoms with Crippen LogP contribution in [-0.4, -0.2) is 31.0 Å². The van der Waals surface area contributed by atoms with Crippen molar-refractivity contribution in [3.8, 4) is 22.7 Å². The van der Waals surface area contributed by atoms with Crippen LogP contribution in [0.3, 0.4) is 0 Å². The zero-order valence-electron chi connectivity index (χ0n) is 21.5. The Morgan fingerprint density at radius 2 is 1.93 bits per heavy atom. The number of hydrogen-bond acceptors (Lipinski definition) is 7. The van der Waals surface area contributed by atoms with Gasteiger partial charge in [-0.25, -0.2) is 4.68 Å². The number of rotatable bonds is 9. The van der Waals surface area contributed by atoms with E-state index >= 15 is 0 Å². The molecule has 0 unspecified atom stereocenters. The molecule has 10 heteroatoms. The predicted octanol–water partition coefficient (Wildman–Crippen LogP) is 6.62. The molecule has 6 aromatic rings. The predicted molar refractivity (Wildman–Crippen MR) is 164 cm³/mol. The second-order valence-corrected chi connectivity index (χ2v) is 11.4. The van der Waals surface area contributed by atoms with Crippen LogP contribution in [0.25, 0.3) is 40.1 Å². The Labute approximate surface area is 243 Å². The topological polar surface area (TPSA) is 74.3 Å². The fourth-order valence-corrected chi connectivity index (χ4v) is 5.88. The van der Waals surface area contributed by atoms with E-state index in [1.807, 2.05) is 90.5 Å². The molecular weight excluding hydrogens is 562 g/mol. The summed E-state index contributed by atoms with van der Waals surface area (Å²) in [6.45, 7) is 2.73. The monoisotopic (exact) mass is 585 g/mol. The van der Waals surface area contributed by atoms with Crippen molar-refractivity contribution in [1.29, 1.82) is 0 Å². The van der Waals surface area contributed by atoms with Gasteiger partial charge in [0.2, 0.25) is 4.96 Å². The first-order valence-electron chi connectivity index (χ1n) is 12.8. The van der Waals surface area contributed by atoms with Crippen LogP contribution in [0.4, 0.5) is 0 Å². The zero-order chi connectivity index (χ0) is 27.5. The fourth-order valence-electron chi connectivity index (χ4n) is 4.13. The summed E-state index contributed by atoms with van der Waals surface area (Å²) in [5.41, 5.74) is 2.98. The molecule has 40 heavy (non-hydrogen) atoms. The van der Waals surface area contributed by atoms with E-state index in [-0.39, 0.29) is 5.56 Å². The van der Waals surface area contributed by atoms with Crippen LogP contribution >= 0.6 is 34.3 Å². The SMILES string of the molecule is CCCCOc1ccc(-c2nn(-c3ccccc3)cc2/C=c2\sc3nc(/C=C/c4cccs4)nn3c2=O)cc1Cl. The number of para-hydroxylation sites is 1. The molecule has 2 aromatic carbocycles. The van der Waals surface area contributed by atoms with Crippen molar-refractivity contribution in [1.82, 2.24) is 24.4 Å². The highest BCUT2D eigenvalue weighted by molar-refractivity contribution is 7.15. The van der Waals surface area contributed by atoms with E-state index in [1.165, 1.54) is 15.9 Å². The van der Waals surface area contributed by atoms with Crippen molar-refractivity contribution in [2.75, 3.05) is 6.61 Å². The molecule has 7 nitrogen and oxygen atoms in total. The van der Waals surface area contributed by atoms with Crippen molar-refractivity contribution in [3.05, 3.63) is 108 Å². The minimum Gasteiger partial charge on any atom is -0.492 e. The summed E-state index contributed by atoms with van der Waals surface area (Å²) in [5.74, 6) is 1.14. The first kappa shape index (κ1) is 26.2. The molecule has 0 N–H and O–H groups in total. The largest absolute Gasteiger partial charge is 0.492 e. The Hall–Kier alpha value is -4.05. The number of unbranched alkanes of at least 4 members (excludes halogenated alkanes) is 1. The molecule has 0 fully saturated rings. The van der Waals surface area contributed by atoms with Gasteiger partial charge >= 0.3 is 0 Å². The fraction of sp³-hybridized carbons (Fsp3) is 0.133. The van der Waals surface area contributed by atoms with Crippen LogP contribution in [0.5, 0.6) is 5.75 Å². The van der Waals surface area contributed by atoms with Gasteiger partial charge in [0.15, 0.2) is 5.82 Å². The average molecular weight is 586 g/mol. The molecule has 0 aliphatic rings. The molecule has 6 rings (SSSR count). The number of aromatic nitrogens is 5. The molecular formula is C30H24ClN5O2S2. The van der Waals surface area contributed by atoms with Gasteiger partial charge in [0.1, 0.15) is 11.4 Å². The van der Waals surface area contributed by atoms with Crippen LogP contribution in [0, 0.1) is 0 Å². The van der Waals surface area contributed by atoms with Gasteiger partial charge in [-0.3, -0.25) is 4.79 Å². The number of hydrogen-bond donors (Lipinski definition) is 0. The van der Waals surface area contributed by atoms with Crippen molar-refractivity contribution < 1.29 is 4.74 Å². The van der Waals surface area contributed by atoms with Crippen LogP contribution in [0.1, 0.15) is 36.0 Å². The van der Waals surface area contributed by atoms with E-state index in [1.54, 1.807) is 16.0 Å². The highest BCUT2D eigenvalue weighted by atomic mass is 35.5. The third-order valence-corrected chi connectivity index (χ3v) is 8.24. The summed E-state index contributed by atoms with van der Waals surface area (Å²) >= 11 is 9.51. The average Bonchev–Trinajstić information content (AvgIpc) is 3.76. The Bertz CT molecular complexity index is 1910. The van der Waals surface area contributed by atoms with Crippen molar-refractivity contribution in [2.45, 2.75) is 19.8 Å². The zero-order valence-corrected chi connectivity index (χ0v) is 23.9. The molecule has 0 radical (unpaired) electrons. The normalized spacial score (nSPS) is 12.2. The van der Waals surface area contributed by atoms with Gasteiger partial charge in [-0.15, -0.1) is 16.4 Å². The van der Waals surface area contributed by atoms with Crippen LogP contribution in [-0.2, 0) is 0 Å². The summed E-state index contributed by atoms with van der Waals surface area (Å²) in [6, 6.07) is 19.5. The van der Waals surface area contributed by atoms with Gasteiger partial charge in [-0.05, 0) is 66.4 Å². The van der Waals surface area contributed by atoms with Crippen molar-refractivity contribution in [2.24, 2.45) is 0 Å². The summed E-state index contributed by atoms with van der Waals surface area (Å²) in [6.07, 6.45) is 9.51. The van der Waals surface area contributed by atoms with E-state index in [2.05, 4.69) is 17.0 Å². The molecule has 0 spiro atoms. The highest BCUT2D eigenvalue weighted by Gasteiger charge is 2.15. The summed E-state index contributed by atoms with van der Waals surface area (Å²) in [7, 11) is 0. The Morgan fingerprint density at radius 1 is 1.05 bits per heavy atom. The molecule has 0 saturated carbocycles. The second-order valence-electron chi connectivity index (χ2n) is 8.99. The lowest BCUT2D eigenvalue weighted by Crippen LogP contribution is -2.23. The van der Waals surface area contributed by atoms with Gasteiger partial charge in [-0.1, -0.05) is 60.5 Å². The van der Waals surface area contributed by atoms with Crippen LogP contribution in [0.15, 0.2) is 77.0 Å². The van der Waals surface area contributed by atoms with E-state index in [0.29, 0.717) is 38.4 Å². The van der Waals surface area contributed by atoms with Gasteiger partial charge < -0.3 is 4.74 Å². The van der Waals surface area contributed by atoms with E-state index in [0.717, 1.165) is 34.5 Å². The minimum atomic E-state index is -0.223. The van der Waals surface area contributed by atoms with E-state index in [4.69, 9.17) is 21.4 Å². The lowest BCUT2D eigenvalue weighted by Gasteiger charge is -2.09. The number of nitrogens with zero attached hydrogens (tertiary/aromatic N) is 5. The van der Waals surface area contributed by atoms with Crippen LogP contribution < -0.4 is 14.8 Å². The van der Waals surface area contributed by atoms with Crippen molar-refractivity contribution >= 4 is 57.5 Å². The molecule has 0 aliphatic heterocycles. The van der Waals surface area contributed by atoms with E-state index in [9.17, 15) is 4.79 Å². The molecule has 0 bridgehead atoms. The number of thiazole rings is 1. The first-order chi connectivity index (χ1) is 19.6. The second kappa shape index (κ2) is 11.6. The maximum Gasteiger partial charge on any atom is 0.291 e. The van der Waals surface area contributed by atoms with Gasteiger partial charge in [0, 0.05) is 22.2 Å². The molecule has 0 aliphatic carbocycles. The highest BCUT2D eigenvalue weighted by Crippen LogP contribution is 2.32. The number of thiophene rings is 1. The summed E-state index contributed by atoms with van der Waals surface area (Å²) < 4.78 is 9.50. The van der Waals surface area contributed by atoms with E-state index < -0.39 is 0 Å². The lowest BCUT2D eigenvalue weighted by molar-refractivity contribution is 0.309. The van der Waals surface area contributed by atoms with Gasteiger partial charge in [-0.2, -0.15) is 14.6 Å². The molecule has 4 aromatic heterocycles. The number of halogens is 1. The maximum atomic E-state index is 13.3. The minimum absolute atomic E-state index is 0.223. The standard InChI is InChI=1S/C30H24ClN5O2S2/c1-2-3-15-38-25-13-11-20(17-24(25)31)28-21(19-35(34-28)22-8-5-4-6-9-22)18-26-29(37)36-30(40-26)32-27(33-36)14-12-23-10-7-16-39-23/h4-14,16-19H,2-3,15H2,1H3/b14-12+,26-18-. The van der Waals surface area contributed by atoms with Gasteiger partial charge in [0.05, 0.1) is 21.8 Å². The Balaban J connectivity index is 1.40. The quantitative estimate of drug-likeness (QED) is 0.178. The van der Waals surface area contributed by atoms with Gasteiger partial charge in [0.25, 0.3) is 5.56 Å². The van der Waals surface area contributed by atoms with Crippen molar-refractivity contribution in [3.63, 3.8) is 0 Å². The third kappa shape index (κ3) is 5.49. The molecule has 200 valence electrons. The molecule has 0 saturated heterocycles. The smallest absolute Gasteiger partial charge is 0.291 e. The molecule has 4 heterocycles. The lowest BCUT2D eigenvalue weighted by atomic mass is 10.1. The maximum absolute atomic E-state index is 13.3. The summed E-state index contributed by atoms with van der Waals surface area (Å²) in [5, 5.41) is 11.8. The Kier molecular flexibility index (Phi) is 7.59. The number of benzene rings is 2. The summed E-state index contributed by atoms with van der Waals surface area (Å²) in [4.78, 5) is 19.5. The first-order valence-corrected chi connectivity index (χ1v) is 14.9. The molecule has 0 atom stereocenters.